The van der Waals surface area contributed by atoms with Crippen LogP contribution >= 0.6 is 69.6 Å². The molecule has 138 valence electrons. The van der Waals surface area contributed by atoms with Crippen molar-refractivity contribution in [2.75, 3.05) is 10.6 Å². The van der Waals surface area contributed by atoms with Crippen molar-refractivity contribution in [3.05, 3.63) is 58.2 Å². The zero-order valence-electron chi connectivity index (χ0n) is 13.1. The average molecular weight is 544 g/mol. The van der Waals surface area contributed by atoms with Crippen LogP contribution in [0, 0.1) is 3.57 Å². The Morgan fingerprint density at radius 2 is 1.50 bits per heavy atom. The Kier molecular flexibility index (Phi) is 8.03. The highest BCUT2D eigenvalue weighted by Crippen LogP contribution is 2.29. The maximum Gasteiger partial charge on any atom is 0.320 e. The maximum atomic E-state index is 12.1. The molecule has 10 heteroatoms. The van der Waals surface area contributed by atoms with E-state index < -0.39 is 16.0 Å². The number of alkyl halides is 3. The fourth-order valence-electron chi connectivity index (χ4n) is 1.85. The molecule has 2 aromatic rings. The van der Waals surface area contributed by atoms with Gasteiger partial charge in [-0.2, -0.15) is 0 Å². The minimum atomic E-state index is -1.83. The van der Waals surface area contributed by atoms with E-state index in [9.17, 15) is 4.79 Å². The molecule has 0 spiro atoms. The molecule has 2 rings (SSSR count). The Balaban J connectivity index is 1.97. The molecule has 26 heavy (non-hydrogen) atoms. The lowest BCUT2D eigenvalue weighted by Gasteiger charge is -2.27. The maximum absolute atomic E-state index is 12.1. The van der Waals surface area contributed by atoms with Crippen molar-refractivity contribution in [3.63, 3.8) is 0 Å². The molecule has 4 N–H and O–H groups in total. The smallest absolute Gasteiger partial charge is 0.320 e. The molecule has 0 aromatic heterocycles. The van der Waals surface area contributed by atoms with Crippen molar-refractivity contribution >= 4 is 92.1 Å². The number of amides is 2. The summed E-state index contributed by atoms with van der Waals surface area (Å²) in [6.45, 7) is 0. The molecule has 0 aliphatic carbocycles. The van der Waals surface area contributed by atoms with Crippen LogP contribution in [-0.2, 0) is 0 Å². The highest BCUT2D eigenvalue weighted by atomic mass is 127. The summed E-state index contributed by atoms with van der Waals surface area (Å²) in [5, 5.41) is 11.1. The van der Waals surface area contributed by atoms with E-state index in [0.29, 0.717) is 5.69 Å². The van der Waals surface area contributed by atoms with Crippen LogP contribution in [0.2, 0.25) is 0 Å². The first-order valence-corrected chi connectivity index (χ1v) is 9.88. The van der Waals surface area contributed by atoms with E-state index in [2.05, 4.69) is 43.9 Å². The van der Waals surface area contributed by atoms with Crippen LogP contribution in [0.25, 0.3) is 0 Å². The summed E-state index contributed by atoms with van der Waals surface area (Å²) in [5.74, 6) is 0. The normalized spacial score (nSPS) is 12.0. The lowest BCUT2D eigenvalue weighted by molar-refractivity contribution is 0.247. The van der Waals surface area contributed by atoms with Gasteiger partial charge in [0.05, 0.1) is 0 Å². The number of para-hydroxylation sites is 1. The van der Waals surface area contributed by atoms with Gasteiger partial charge < -0.3 is 21.3 Å². The van der Waals surface area contributed by atoms with E-state index in [0.717, 1.165) is 9.26 Å². The number of benzene rings is 2. The molecule has 0 saturated carbocycles. The predicted molar refractivity (Wildman–Crippen MR) is 121 cm³/mol. The molecule has 0 radical (unpaired) electrons. The van der Waals surface area contributed by atoms with Crippen LogP contribution in [0.15, 0.2) is 54.6 Å². The zero-order valence-corrected chi connectivity index (χ0v) is 18.3. The van der Waals surface area contributed by atoms with Crippen LogP contribution in [0.1, 0.15) is 0 Å². The number of urea groups is 1. The Morgan fingerprint density at radius 3 is 2.08 bits per heavy atom. The van der Waals surface area contributed by atoms with Gasteiger partial charge >= 0.3 is 6.03 Å². The molecular formula is C16H14Cl3IN4OS. The van der Waals surface area contributed by atoms with E-state index in [1.807, 2.05) is 30.3 Å². The van der Waals surface area contributed by atoms with Crippen LogP contribution in [0.5, 0.6) is 0 Å². The Bertz CT molecular complexity index is 756. The molecule has 0 aliphatic rings. The summed E-state index contributed by atoms with van der Waals surface area (Å²) in [7, 11) is 0. The number of halogens is 4. The number of hydrogen-bond donors (Lipinski definition) is 4. The fraction of sp³-hybridized carbons (Fsp3) is 0.125. The van der Waals surface area contributed by atoms with Crippen molar-refractivity contribution in [2.45, 2.75) is 9.96 Å². The van der Waals surface area contributed by atoms with Crippen LogP contribution in [-0.4, -0.2) is 21.1 Å². The van der Waals surface area contributed by atoms with Gasteiger partial charge in [0.1, 0.15) is 0 Å². The third kappa shape index (κ3) is 7.32. The highest BCUT2D eigenvalue weighted by molar-refractivity contribution is 14.1. The first kappa shape index (κ1) is 21.3. The van der Waals surface area contributed by atoms with Crippen LogP contribution in [0.3, 0.4) is 0 Å². The van der Waals surface area contributed by atoms with E-state index in [4.69, 9.17) is 47.0 Å². The van der Waals surface area contributed by atoms with E-state index in [1.54, 1.807) is 24.3 Å². The fourth-order valence-corrected chi connectivity index (χ4v) is 2.77. The quantitative estimate of drug-likeness (QED) is 0.188. The summed E-state index contributed by atoms with van der Waals surface area (Å²) in [6, 6.07) is 15.9. The van der Waals surface area contributed by atoms with Crippen molar-refractivity contribution in [2.24, 2.45) is 0 Å². The number of anilines is 2. The van der Waals surface area contributed by atoms with Crippen molar-refractivity contribution in [1.82, 2.24) is 10.6 Å². The Morgan fingerprint density at radius 1 is 0.923 bits per heavy atom. The van der Waals surface area contributed by atoms with Gasteiger partial charge in [-0.1, -0.05) is 53.0 Å². The topological polar surface area (TPSA) is 65.2 Å². The number of carbonyl (C=O) groups excluding carboxylic acids is 1. The van der Waals surface area contributed by atoms with Gasteiger partial charge in [0.2, 0.25) is 3.79 Å². The van der Waals surface area contributed by atoms with Gasteiger partial charge in [-0.05, 0) is 71.2 Å². The molecule has 0 bridgehead atoms. The highest BCUT2D eigenvalue weighted by Gasteiger charge is 2.34. The molecule has 0 saturated heterocycles. The van der Waals surface area contributed by atoms with E-state index >= 15 is 0 Å². The number of nitrogens with one attached hydrogen (secondary N) is 4. The monoisotopic (exact) mass is 542 g/mol. The van der Waals surface area contributed by atoms with Crippen molar-refractivity contribution in [1.29, 1.82) is 0 Å². The van der Waals surface area contributed by atoms with Crippen LogP contribution in [0.4, 0.5) is 16.2 Å². The number of hydrogen-bond acceptors (Lipinski definition) is 2. The lowest BCUT2D eigenvalue weighted by atomic mass is 10.3. The molecule has 1 atom stereocenters. The number of carbonyl (C=O) groups is 1. The molecular weight excluding hydrogens is 530 g/mol. The third-order valence-corrected chi connectivity index (χ3v) is 4.61. The standard InChI is InChI=1S/C16H14Cl3IN4OS/c17-16(18,19)13(23-14(25)21-11-4-2-1-3-5-11)24-15(26)22-12-8-6-10(20)7-9-12/h1-9,13H,(H2,21,23,25)(H2,22,24,26)/t13-/m0/s1. The molecule has 0 heterocycles. The van der Waals surface area contributed by atoms with Gasteiger partial charge in [0.25, 0.3) is 0 Å². The Labute approximate surface area is 185 Å². The largest absolute Gasteiger partial charge is 0.339 e. The summed E-state index contributed by atoms with van der Waals surface area (Å²) >= 11 is 25.3. The van der Waals surface area contributed by atoms with Gasteiger partial charge in [-0.3, -0.25) is 0 Å². The molecule has 2 amide bonds. The molecule has 5 nitrogen and oxygen atoms in total. The zero-order chi connectivity index (χ0) is 19.2. The summed E-state index contributed by atoms with van der Waals surface area (Å²) in [4.78, 5) is 12.1. The van der Waals surface area contributed by atoms with E-state index in [1.165, 1.54) is 0 Å². The van der Waals surface area contributed by atoms with Crippen LogP contribution < -0.4 is 21.3 Å². The second-order valence-electron chi connectivity index (χ2n) is 5.04. The molecule has 0 unspecified atom stereocenters. The van der Waals surface area contributed by atoms with E-state index in [-0.39, 0.29) is 5.11 Å². The second-order valence-corrected chi connectivity index (χ2v) is 9.07. The summed E-state index contributed by atoms with van der Waals surface area (Å²) in [5.41, 5.74) is 1.37. The Hall–Kier alpha value is -1.000. The molecule has 0 aliphatic heterocycles. The minimum Gasteiger partial charge on any atom is -0.339 e. The van der Waals surface area contributed by atoms with Gasteiger partial charge in [0.15, 0.2) is 11.3 Å². The molecule has 2 aromatic carbocycles. The van der Waals surface area contributed by atoms with Gasteiger partial charge in [-0.25, -0.2) is 4.79 Å². The van der Waals surface area contributed by atoms with Gasteiger partial charge in [0, 0.05) is 14.9 Å². The first-order valence-electron chi connectivity index (χ1n) is 7.26. The lowest BCUT2D eigenvalue weighted by Crippen LogP contribution is -2.57. The van der Waals surface area contributed by atoms with Crippen molar-refractivity contribution in [3.8, 4) is 0 Å². The van der Waals surface area contributed by atoms with Gasteiger partial charge in [-0.15, -0.1) is 0 Å². The summed E-state index contributed by atoms with van der Waals surface area (Å²) in [6.07, 6.45) is -1.06. The average Bonchev–Trinajstić information content (AvgIpc) is 2.56. The number of thiocarbonyl (C=S) groups is 1. The second kappa shape index (κ2) is 9.80. The predicted octanol–water partition coefficient (Wildman–Crippen LogP) is 5.10. The first-order chi connectivity index (χ1) is 12.2. The molecule has 0 fully saturated rings. The third-order valence-electron chi connectivity index (χ3n) is 3.01. The van der Waals surface area contributed by atoms with Crippen molar-refractivity contribution < 1.29 is 4.79 Å². The SMILES string of the molecule is O=C(Nc1ccccc1)N[C@@H](NC(=S)Nc1ccc(I)cc1)C(Cl)(Cl)Cl. The summed E-state index contributed by atoms with van der Waals surface area (Å²) < 4.78 is -0.739. The minimum absolute atomic E-state index is 0.197. The number of rotatable bonds is 4.